The highest BCUT2D eigenvalue weighted by molar-refractivity contribution is 9.10. The number of halogens is 1. The first-order valence-electron chi connectivity index (χ1n) is 6.53. The molecule has 22 heavy (non-hydrogen) atoms. The summed E-state index contributed by atoms with van der Waals surface area (Å²) in [6.07, 6.45) is 0. The number of benzene rings is 2. The van der Waals surface area contributed by atoms with Crippen LogP contribution in [-0.4, -0.2) is 28.7 Å². The third kappa shape index (κ3) is 4.72. The molecule has 0 spiro atoms. The lowest BCUT2D eigenvalue weighted by Crippen LogP contribution is -2.28. The van der Waals surface area contributed by atoms with Crippen molar-refractivity contribution in [3.8, 4) is 11.5 Å². The van der Waals surface area contributed by atoms with Gasteiger partial charge in [0.1, 0.15) is 18.1 Å². The number of hydrogen-bond acceptors (Lipinski definition) is 4. The molecule has 0 aliphatic carbocycles. The fourth-order valence-electron chi connectivity index (χ4n) is 1.73. The van der Waals surface area contributed by atoms with E-state index in [9.17, 15) is 8.42 Å². The highest BCUT2D eigenvalue weighted by Crippen LogP contribution is 2.18. The van der Waals surface area contributed by atoms with Crippen LogP contribution in [0.2, 0.25) is 0 Å². The van der Waals surface area contributed by atoms with Gasteiger partial charge < -0.3 is 9.47 Å². The van der Waals surface area contributed by atoms with E-state index in [1.807, 2.05) is 6.07 Å². The first-order chi connectivity index (χ1) is 10.5. The van der Waals surface area contributed by atoms with Crippen molar-refractivity contribution in [2.75, 3.05) is 20.3 Å². The van der Waals surface area contributed by atoms with Crippen molar-refractivity contribution in [2.24, 2.45) is 0 Å². The van der Waals surface area contributed by atoms with Crippen LogP contribution >= 0.6 is 15.9 Å². The van der Waals surface area contributed by atoms with Crippen LogP contribution in [0.5, 0.6) is 11.5 Å². The summed E-state index contributed by atoms with van der Waals surface area (Å²) in [5, 5.41) is 0. The van der Waals surface area contributed by atoms with Gasteiger partial charge in [0.05, 0.1) is 12.0 Å². The van der Waals surface area contributed by atoms with Gasteiger partial charge in [-0.15, -0.1) is 0 Å². The average Bonchev–Trinajstić information content (AvgIpc) is 2.52. The lowest BCUT2D eigenvalue weighted by molar-refractivity contribution is 0.320. The molecule has 0 saturated heterocycles. The number of methoxy groups -OCH3 is 1. The molecule has 2 rings (SSSR count). The van der Waals surface area contributed by atoms with Gasteiger partial charge in [0, 0.05) is 17.1 Å². The fourth-order valence-corrected chi connectivity index (χ4v) is 3.01. The van der Waals surface area contributed by atoms with E-state index in [1.54, 1.807) is 37.4 Å². The topological polar surface area (TPSA) is 64.6 Å². The maximum atomic E-state index is 12.1. The van der Waals surface area contributed by atoms with Crippen LogP contribution in [-0.2, 0) is 10.0 Å². The highest BCUT2D eigenvalue weighted by Gasteiger charge is 2.12. The zero-order valence-electron chi connectivity index (χ0n) is 12.0. The van der Waals surface area contributed by atoms with Crippen LogP contribution in [0.15, 0.2) is 57.9 Å². The lowest BCUT2D eigenvalue weighted by atomic mass is 10.3. The quantitative estimate of drug-likeness (QED) is 0.744. The van der Waals surface area contributed by atoms with Crippen LogP contribution in [0.1, 0.15) is 0 Å². The van der Waals surface area contributed by atoms with E-state index in [0.29, 0.717) is 11.5 Å². The van der Waals surface area contributed by atoms with Crippen molar-refractivity contribution in [3.63, 3.8) is 0 Å². The third-order valence-corrected chi connectivity index (χ3v) is 4.83. The van der Waals surface area contributed by atoms with Gasteiger partial charge in [0.15, 0.2) is 0 Å². The Labute approximate surface area is 138 Å². The van der Waals surface area contributed by atoms with E-state index in [2.05, 4.69) is 20.7 Å². The second-order valence-corrected chi connectivity index (χ2v) is 7.06. The van der Waals surface area contributed by atoms with E-state index in [4.69, 9.17) is 9.47 Å². The van der Waals surface area contributed by atoms with Gasteiger partial charge in [-0.05, 0) is 36.4 Å². The molecule has 0 radical (unpaired) electrons. The Bertz CT molecular complexity index is 717. The predicted octanol–water partition coefficient (Wildman–Crippen LogP) is 2.82. The number of hydrogen-bond donors (Lipinski definition) is 1. The average molecular weight is 386 g/mol. The minimum atomic E-state index is -3.52. The summed E-state index contributed by atoms with van der Waals surface area (Å²) in [4.78, 5) is 0.220. The molecule has 0 amide bonds. The van der Waals surface area contributed by atoms with Crippen LogP contribution in [0.3, 0.4) is 0 Å². The molecule has 1 N–H and O–H groups in total. The Kier molecular flexibility index (Phi) is 5.82. The van der Waals surface area contributed by atoms with E-state index in [-0.39, 0.29) is 18.0 Å². The van der Waals surface area contributed by atoms with Gasteiger partial charge in [-0.3, -0.25) is 0 Å². The Morgan fingerprint density at radius 1 is 1.09 bits per heavy atom. The normalized spacial score (nSPS) is 11.2. The van der Waals surface area contributed by atoms with Crippen molar-refractivity contribution in [2.45, 2.75) is 4.90 Å². The van der Waals surface area contributed by atoms with E-state index >= 15 is 0 Å². The standard InChI is InChI=1S/C15H16BrNO4S/c1-20-13-3-2-4-14(11-13)21-10-9-17-22(18,19)15-7-5-12(16)6-8-15/h2-8,11,17H,9-10H2,1H3. The maximum Gasteiger partial charge on any atom is 0.240 e. The molecule has 0 heterocycles. The second-order valence-electron chi connectivity index (χ2n) is 4.38. The van der Waals surface area contributed by atoms with Gasteiger partial charge >= 0.3 is 0 Å². The van der Waals surface area contributed by atoms with Crippen LogP contribution < -0.4 is 14.2 Å². The number of nitrogens with one attached hydrogen (secondary N) is 1. The van der Waals surface area contributed by atoms with E-state index in [1.165, 1.54) is 12.1 Å². The van der Waals surface area contributed by atoms with Crippen LogP contribution in [0.4, 0.5) is 0 Å². The fraction of sp³-hybridized carbons (Fsp3) is 0.200. The summed E-state index contributed by atoms with van der Waals surface area (Å²) in [5.74, 6) is 1.31. The van der Waals surface area contributed by atoms with E-state index < -0.39 is 10.0 Å². The van der Waals surface area contributed by atoms with Crippen molar-refractivity contribution in [1.82, 2.24) is 4.72 Å². The Morgan fingerprint density at radius 3 is 2.45 bits per heavy atom. The summed E-state index contributed by atoms with van der Waals surface area (Å²) in [6, 6.07) is 13.6. The van der Waals surface area contributed by atoms with Crippen molar-refractivity contribution < 1.29 is 17.9 Å². The first-order valence-corrected chi connectivity index (χ1v) is 8.81. The van der Waals surface area contributed by atoms with Gasteiger partial charge in [0.25, 0.3) is 0 Å². The minimum absolute atomic E-state index is 0.176. The molecule has 0 bridgehead atoms. The zero-order chi connectivity index (χ0) is 16.0. The van der Waals surface area contributed by atoms with Crippen LogP contribution in [0.25, 0.3) is 0 Å². The predicted molar refractivity (Wildman–Crippen MR) is 87.8 cm³/mol. The van der Waals surface area contributed by atoms with Gasteiger partial charge in [-0.25, -0.2) is 13.1 Å². The smallest absolute Gasteiger partial charge is 0.240 e. The van der Waals surface area contributed by atoms with Crippen molar-refractivity contribution in [3.05, 3.63) is 53.0 Å². The summed E-state index contributed by atoms with van der Waals surface area (Å²) < 4.78 is 38.0. The number of rotatable bonds is 7. The Morgan fingerprint density at radius 2 is 1.77 bits per heavy atom. The largest absolute Gasteiger partial charge is 0.497 e. The molecule has 0 unspecified atom stereocenters. The lowest BCUT2D eigenvalue weighted by Gasteiger charge is -2.09. The molecule has 2 aromatic rings. The molecule has 0 atom stereocenters. The molecule has 2 aromatic carbocycles. The molecule has 0 fully saturated rings. The summed E-state index contributed by atoms with van der Waals surface area (Å²) in [7, 11) is -1.94. The van der Waals surface area contributed by atoms with Crippen LogP contribution in [0, 0.1) is 0 Å². The van der Waals surface area contributed by atoms with Gasteiger partial charge in [0.2, 0.25) is 10.0 Å². The molecule has 7 heteroatoms. The Balaban J connectivity index is 1.86. The molecule has 0 aromatic heterocycles. The summed E-state index contributed by atoms with van der Waals surface area (Å²) >= 11 is 3.27. The zero-order valence-corrected chi connectivity index (χ0v) is 14.4. The number of ether oxygens (including phenoxy) is 2. The van der Waals surface area contributed by atoms with Gasteiger partial charge in [-0.1, -0.05) is 22.0 Å². The highest BCUT2D eigenvalue weighted by atomic mass is 79.9. The third-order valence-electron chi connectivity index (χ3n) is 2.83. The maximum absolute atomic E-state index is 12.1. The molecule has 5 nitrogen and oxygen atoms in total. The number of sulfonamides is 1. The molecular formula is C15H16BrNO4S. The first kappa shape index (κ1) is 16.8. The SMILES string of the molecule is COc1cccc(OCCNS(=O)(=O)c2ccc(Br)cc2)c1. The molecule has 0 saturated carbocycles. The monoisotopic (exact) mass is 385 g/mol. The molecule has 0 aliphatic rings. The van der Waals surface area contributed by atoms with Crippen molar-refractivity contribution >= 4 is 26.0 Å². The molecular weight excluding hydrogens is 370 g/mol. The minimum Gasteiger partial charge on any atom is -0.497 e. The summed E-state index contributed by atoms with van der Waals surface area (Å²) in [6.45, 7) is 0.401. The summed E-state index contributed by atoms with van der Waals surface area (Å²) in [5.41, 5.74) is 0. The van der Waals surface area contributed by atoms with Gasteiger partial charge in [-0.2, -0.15) is 0 Å². The van der Waals surface area contributed by atoms with E-state index in [0.717, 1.165) is 4.47 Å². The second kappa shape index (κ2) is 7.62. The Hall–Kier alpha value is -1.57. The molecule has 118 valence electrons. The van der Waals surface area contributed by atoms with Crippen molar-refractivity contribution in [1.29, 1.82) is 0 Å². The molecule has 0 aliphatic heterocycles.